The van der Waals surface area contributed by atoms with Gasteiger partial charge in [0.25, 0.3) is 0 Å². The van der Waals surface area contributed by atoms with Crippen molar-refractivity contribution < 1.29 is 22.7 Å². The summed E-state index contributed by atoms with van der Waals surface area (Å²) in [6.07, 6.45) is 1.24. The zero-order valence-corrected chi connectivity index (χ0v) is 12.9. The van der Waals surface area contributed by atoms with E-state index in [1.54, 1.807) is 0 Å². The van der Waals surface area contributed by atoms with Crippen molar-refractivity contribution in [3.05, 3.63) is 41.2 Å². The summed E-state index contributed by atoms with van der Waals surface area (Å²) in [5.41, 5.74) is -1.36. The molecule has 0 aliphatic carbocycles. The van der Waals surface area contributed by atoms with Gasteiger partial charge in [-0.15, -0.1) is 5.10 Å². The van der Waals surface area contributed by atoms with Crippen LogP contribution in [0.5, 0.6) is 0 Å². The fourth-order valence-electron chi connectivity index (χ4n) is 2.53. The maximum absolute atomic E-state index is 15.1. The molecule has 0 bridgehead atoms. The molecule has 1 aromatic carbocycles. The highest BCUT2D eigenvalue weighted by Gasteiger charge is 2.60. The van der Waals surface area contributed by atoms with Crippen LogP contribution in [0.1, 0.15) is 11.4 Å². The number of nitrogens with zero attached hydrogens (tertiary/aromatic N) is 6. The predicted molar refractivity (Wildman–Crippen MR) is 76.1 cm³/mol. The molecule has 0 fully saturated rings. The summed E-state index contributed by atoms with van der Waals surface area (Å²) in [6.45, 7) is -0.812. The van der Waals surface area contributed by atoms with Crippen molar-refractivity contribution in [3.8, 4) is 0 Å². The van der Waals surface area contributed by atoms with Gasteiger partial charge in [0.1, 0.15) is 18.3 Å². The molecule has 25 heavy (non-hydrogen) atoms. The van der Waals surface area contributed by atoms with E-state index in [1.807, 2.05) is 0 Å². The van der Waals surface area contributed by atoms with Crippen molar-refractivity contribution in [2.24, 2.45) is 12.0 Å². The molecule has 2 aromatic rings. The first-order valence-electron chi connectivity index (χ1n) is 7.03. The molecule has 1 unspecified atom stereocenters. The molecule has 2 heterocycles. The van der Waals surface area contributed by atoms with Crippen molar-refractivity contribution in [3.63, 3.8) is 0 Å². The van der Waals surface area contributed by atoms with Gasteiger partial charge in [-0.1, -0.05) is 6.07 Å². The number of aliphatic hydroxyl groups is 1. The average Bonchev–Trinajstić information content (AvgIpc) is 3.18. The lowest BCUT2D eigenvalue weighted by Gasteiger charge is -2.37. The number of hydrogen-bond donors (Lipinski definition) is 2. The quantitative estimate of drug-likeness (QED) is 0.745. The topological polar surface area (TPSA) is 91.5 Å². The van der Waals surface area contributed by atoms with E-state index in [0.717, 1.165) is 24.2 Å². The third kappa shape index (κ3) is 2.82. The van der Waals surface area contributed by atoms with Crippen LogP contribution in [0.15, 0.2) is 23.2 Å². The number of hydrogen-bond acceptors (Lipinski definition) is 7. The summed E-state index contributed by atoms with van der Waals surface area (Å²) in [7, 11) is 1.15. The molecular weight excluding hydrogens is 346 g/mol. The monoisotopic (exact) mass is 359 g/mol. The minimum absolute atomic E-state index is 0.0434. The van der Waals surface area contributed by atoms with Crippen LogP contribution in [0.25, 0.3) is 0 Å². The summed E-state index contributed by atoms with van der Waals surface area (Å²) in [6, 6.07) is 1.96. The maximum Gasteiger partial charge on any atom is 0.341 e. The lowest BCUT2D eigenvalue weighted by atomic mass is 9.85. The molecule has 1 aromatic heterocycles. The number of hydrazine groups is 1. The Bertz CT molecular complexity index is 803. The van der Waals surface area contributed by atoms with Gasteiger partial charge in [0.2, 0.25) is 5.82 Å². The number of nitrogens with one attached hydrogen (secondary N) is 1. The standard InChI is InChI=1S/C13H13F4N7O/c1-23-11(20-21-22-23)13(16,17)12(25,5-24-7-18-6-19-24)9-3-2-8(14)4-10(9)15/h2-4,6,25H,5,7H2,1H3,(H,18,19). The van der Waals surface area contributed by atoms with E-state index < -0.39 is 41.1 Å². The molecule has 12 heteroatoms. The van der Waals surface area contributed by atoms with Crippen LogP contribution in [0.2, 0.25) is 0 Å². The number of alkyl halides is 2. The Morgan fingerprint density at radius 3 is 2.64 bits per heavy atom. The van der Waals surface area contributed by atoms with Crippen molar-refractivity contribution in [1.29, 1.82) is 0 Å². The van der Waals surface area contributed by atoms with E-state index in [2.05, 4.69) is 25.9 Å². The second-order valence-electron chi connectivity index (χ2n) is 5.47. The third-order valence-corrected chi connectivity index (χ3v) is 3.80. The Morgan fingerprint density at radius 1 is 1.32 bits per heavy atom. The number of rotatable bonds is 5. The summed E-state index contributed by atoms with van der Waals surface area (Å²) in [5.74, 6) is -7.36. The van der Waals surface area contributed by atoms with Crippen molar-refractivity contribution >= 4 is 6.34 Å². The van der Waals surface area contributed by atoms with Crippen LogP contribution in [-0.2, 0) is 18.6 Å². The molecule has 0 saturated heterocycles. The van der Waals surface area contributed by atoms with Gasteiger partial charge in [-0.25, -0.2) is 13.5 Å². The van der Waals surface area contributed by atoms with Gasteiger partial charge < -0.3 is 10.5 Å². The van der Waals surface area contributed by atoms with Crippen LogP contribution in [0.4, 0.5) is 17.6 Å². The zero-order valence-electron chi connectivity index (χ0n) is 12.9. The van der Waals surface area contributed by atoms with Gasteiger partial charge in [0, 0.05) is 18.7 Å². The van der Waals surface area contributed by atoms with Gasteiger partial charge in [-0.2, -0.15) is 13.8 Å². The zero-order chi connectivity index (χ0) is 18.2. The first-order chi connectivity index (χ1) is 11.8. The molecule has 0 saturated carbocycles. The number of β-amino-alcohol motifs (C(OH)–C–C–N with tert-alkyl or cyclic N) is 1. The fourth-order valence-corrected chi connectivity index (χ4v) is 2.53. The molecule has 0 amide bonds. The van der Waals surface area contributed by atoms with Gasteiger partial charge in [-0.3, -0.25) is 4.99 Å². The number of aliphatic imine (C=N–C) groups is 1. The molecule has 3 rings (SSSR count). The minimum atomic E-state index is -4.10. The van der Waals surface area contributed by atoms with E-state index in [0.29, 0.717) is 10.7 Å². The largest absolute Gasteiger partial charge is 0.377 e. The number of aromatic nitrogens is 4. The average molecular weight is 359 g/mol. The minimum Gasteiger partial charge on any atom is -0.377 e. The van der Waals surface area contributed by atoms with Crippen LogP contribution in [-0.4, -0.2) is 49.9 Å². The van der Waals surface area contributed by atoms with Gasteiger partial charge in [-0.05, 0) is 16.5 Å². The Kier molecular flexibility index (Phi) is 4.16. The molecule has 0 spiro atoms. The summed E-state index contributed by atoms with van der Waals surface area (Å²) < 4.78 is 58.4. The first-order valence-corrected chi connectivity index (χ1v) is 7.03. The smallest absolute Gasteiger partial charge is 0.341 e. The van der Waals surface area contributed by atoms with E-state index in [9.17, 15) is 13.9 Å². The van der Waals surface area contributed by atoms with Crippen LogP contribution >= 0.6 is 0 Å². The fraction of sp³-hybridized carbons (Fsp3) is 0.385. The second-order valence-corrected chi connectivity index (χ2v) is 5.47. The molecule has 134 valence electrons. The normalized spacial score (nSPS) is 17.5. The molecule has 1 atom stereocenters. The molecule has 2 N–H and O–H groups in total. The lowest BCUT2D eigenvalue weighted by Crippen LogP contribution is -2.54. The molecule has 0 radical (unpaired) electrons. The van der Waals surface area contributed by atoms with Gasteiger partial charge in [0.15, 0.2) is 5.60 Å². The van der Waals surface area contributed by atoms with Crippen molar-refractivity contribution in [1.82, 2.24) is 30.6 Å². The summed E-state index contributed by atoms with van der Waals surface area (Å²) >= 11 is 0. The highest BCUT2D eigenvalue weighted by atomic mass is 19.3. The Hall–Kier alpha value is -2.60. The predicted octanol–water partition coefficient (Wildman–Crippen LogP) is 0.274. The molecule has 1 aliphatic heterocycles. The second kappa shape index (κ2) is 6.04. The molecular formula is C13H13F4N7O. The first kappa shape index (κ1) is 17.2. The van der Waals surface area contributed by atoms with E-state index in [4.69, 9.17) is 0 Å². The number of tetrazole rings is 1. The highest BCUT2D eigenvalue weighted by molar-refractivity contribution is 5.55. The summed E-state index contributed by atoms with van der Waals surface area (Å²) in [4.78, 5) is 3.78. The lowest BCUT2D eigenvalue weighted by molar-refractivity contribution is -0.212. The van der Waals surface area contributed by atoms with E-state index in [1.165, 1.54) is 6.34 Å². The Balaban J connectivity index is 2.12. The molecule has 8 nitrogen and oxygen atoms in total. The van der Waals surface area contributed by atoms with E-state index in [-0.39, 0.29) is 6.67 Å². The highest BCUT2D eigenvalue weighted by Crippen LogP contribution is 2.45. The molecule has 1 aliphatic rings. The third-order valence-electron chi connectivity index (χ3n) is 3.80. The van der Waals surface area contributed by atoms with Crippen LogP contribution < -0.4 is 5.43 Å². The van der Waals surface area contributed by atoms with Crippen molar-refractivity contribution in [2.75, 3.05) is 13.2 Å². The summed E-state index contributed by atoms with van der Waals surface area (Å²) in [5, 5.41) is 21.7. The number of halogens is 4. The number of aryl methyl sites for hydroxylation is 1. The Morgan fingerprint density at radius 2 is 2.08 bits per heavy atom. The SMILES string of the molecule is Cn1nnnc1C(F)(F)C(O)(CN1CN=CN1)c1ccc(F)cc1F. The Labute approximate surface area is 138 Å². The van der Waals surface area contributed by atoms with Gasteiger partial charge >= 0.3 is 5.92 Å². The van der Waals surface area contributed by atoms with Crippen molar-refractivity contribution in [2.45, 2.75) is 11.5 Å². The van der Waals surface area contributed by atoms with E-state index >= 15 is 8.78 Å². The maximum atomic E-state index is 15.1. The number of benzene rings is 1. The van der Waals surface area contributed by atoms with Gasteiger partial charge in [0.05, 0.1) is 12.9 Å². The van der Waals surface area contributed by atoms with Crippen LogP contribution in [0, 0.1) is 11.6 Å². The van der Waals surface area contributed by atoms with Crippen LogP contribution in [0.3, 0.4) is 0 Å².